The van der Waals surface area contributed by atoms with Crippen LogP contribution >= 0.6 is 0 Å². The molecule has 0 spiro atoms. The van der Waals surface area contributed by atoms with Gasteiger partial charge in [-0.05, 0) is 43.4 Å². The predicted molar refractivity (Wildman–Crippen MR) is 81.3 cm³/mol. The molecule has 0 bridgehead atoms. The molecular formula is C16H16FN3O. The Hall–Kier alpha value is -2.40. The number of amides is 1. The van der Waals surface area contributed by atoms with E-state index < -0.39 is 0 Å². The molecule has 0 aromatic heterocycles. The first-order valence-electron chi connectivity index (χ1n) is 6.71. The fraction of sp³-hybridized carbons (Fsp3) is 0.188. The van der Waals surface area contributed by atoms with E-state index in [2.05, 4.69) is 10.6 Å². The molecule has 1 heterocycles. The Balaban J connectivity index is 1.93. The van der Waals surface area contributed by atoms with E-state index in [0.29, 0.717) is 0 Å². The van der Waals surface area contributed by atoms with Crippen LogP contribution in [0.25, 0.3) is 0 Å². The van der Waals surface area contributed by atoms with Gasteiger partial charge < -0.3 is 15.5 Å². The summed E-state index contributed by atoms with van der Waals surface area (Å²) in [5.74, 6) is -0.306. The van der Waals surface area contributed by atoms with E-state index >= 15 is 0 Å². The Morgan fingerprint density at radius 3 is 2.48 bits per heavy atom. The summed E-state index contributed by atoms with van der Waals surface area (Å²) in [4.78, 5) is 13.8. The summed E-state index contributed by atoms with van der Waals surface area (Å²) in [6.07, 6.45) is 0. The van der Waals surface area contributed by atoms with Crippen LogP contribution in [0.15, 0.2) is 42.5 Å². The second-order valence-corrected chi connectivity index (χ2v) is 5.02. The third-order valence-electron chi connectivity index (χ3n) is 3.76. The SMILES string of the molecule is CNC1C(=O)Nc2cc(N(C)c3ccc(F)cc3)ccc21. The summed E-state index contributed by atoms with van der Waals surface area (Å²) in [6, 6.07) is 11.8. The van der Waals surface area contributed by atoms with Crippen molar-refractivity contribution in [3.05, 3.63) is 53.8 Å². The second-order valence-electron chi connectivity index (χ2n) is 5.02. The van der Waals surface area contributed by atoms with E-state index in [1.165, 1.54) is 12.1 Å². The van der Waals surface area contributed by atoms with Crippen molar-refractivity contribution in [2.24, 2.45) is 0 Å². The molecule has 5 heteroatoms. The quantitative estimate of drug-likeness (QED) is 0.911. The van der Waals surface area contributed by atoms with Gasteiger partial charge in [0, 0.05) is 29.7 Å². The van der Waals surface area contributed by atoms with Crippen molar-refractivity contribution in [3.8, 4) is 0 Å². The van der Waals surface area contributed by atoms with Gasteiger partial charge in [-0.1, -0.05) is 6.07 Å². The largest absolute Gasteiger partial charge is 0.345 e. The molecule has 0 fully saturated rings. The topological polar surface area (TPSA) is 44.4 Å². The highest BCUT2D eigenvalue weighted by atomic mass is 19.1. The summed E-state index contributed by atoms with van der Waals surface area (Å²) >= 11 is 0. The van der Waals surface area contributed by atoms with Crippen LogP contribution < -0.4 is 15.5 Å². The summed E-state index contributed by atoms with van der Waals surface area (Å²) < 4.78 is 13.0. The smallest absolute Gasteiger partial charge is 0.246 e. The molecule has 108 valence electrons. The van der Waals surface area contributed by atoms with Crippen molar-refractivity contribution in [1.82, 2.24) is 5.32 Å². The van der Waals surface area contributed by atoms with E-state index in [1.807, 2.05) is 30.1 Å². The van der Waals surface area contributed by atoms with Crippen LogP contribution in [-0.4, -0.2) is 20.0 Å². The van der Waals surface area contributed by atoms with E-state index in [1.54, 1.807) is 19.2 Å². The van der Waals surface area contributed by atoms with Crippen LogP contribution in [-0.2, 0) is 4.79 Å². The second kappa shape index (κ2) is 5.18. The minimum Gasteiger partial charge on any atom is -0.345 e. The molecule has 0 saturated heterocycles. The van der Waals surface area contributed by atoms with Crippen molar-refractivity contribution >= 4 is 23.0 Å². The first-order chi connectivity index (χ1) is 10.1. The molecule has 1 aliphatic heterocycles. The third-order valence-corrected chi connectivity index (χ3v) is 3.76. The number of likely N-dealkylation sites (N-methyl/N-ethyl adjacent to an activating group) is 1. The number of carbonyl (C=O) groups excluding carboxylic acids is 1. The van der Waals surface area contributed by atoms with Crippen molar-refractivity contribution in [3.63, 3.8) is 0 Å². The molecule has 3 rings (SSSR count). The first-order valence-corrected chi connectivity index (χ1v) is 6.71. The fourth-order valence-corrected chi connectivity index (χ4v) is 2.56. The molecule has 1 unspecified atom stereocenters. The number of anilines is 3. The van der Waals surface area contributed by atoms with Crippen LogP contribution in [0.2, 0.25) is 0 Å². The van der Waals surface area contributed by atoms with Crippen molar-refractivity contribution in [2.75, 3.05) is 24.3 Å². The predicted octanol–water partition coefficient (Wildman–Crippen LogP) is 2.81. The van der Waals surface area contributed by atoms with Gasteiger partial charge in [0.05, 0.1) is 0 Å². The molecule has 0 aliphatic carbocycles. The lowest BCUT2D eigenvalue weighted by atomic mass is 10.1. The molecule has 1 aliphatic rings. The minimum atomic E-state index is -0.301. The third kappa shape index (κ3) is 2.36. The molecule has 2 N–H and O–H groups in total. The molecule has 0 radical (unpaired) electrons. The molecule has 21 heavy (non-hydrogen) atoms. The van der Waals surface area contributed by atoms with Crippen molar-refractivity contribution < 1.29 is 9.18 Å². The zero-order valence-corrected chi connectivity index (χ0v) is 11.9. The van der Waals surface area contributed by atoms with Gasteiger partial charge in [0.15, 0.2) is 0 Å². The zero-order valence-electron chi connectivity index (χ0n) is 11.9. The number of benzene rings is 2. The summed E-state index contributed by atoms with van der Waals surface area (Å²) in [5, 5.41) is 5.86. The van der Waals surface area contributed by atoms with Crippen LogP contribution in [0, 0.1) is 5.82 Å². The van der Waals surface area contributed by atoms with E-state index in [4.69, 9.17) is 0 Å². The van der Waals surface area contributed by atoms with Crippen LogP contribution in [0.5, 0.6) is 0 Å². The number of halogens is 1. The average Bonchev–Trinajstić information content (AvgIpc) is 2.81. The summed E-state index contributed by atoms with van der Waals surface area (Å²) in [6.45, 7) is 0. The number of hydrogen-bond donors (Lipinski definition) is 2. The number of nitrogens with one attached hydrogen (secondary N) is 2. The van der Waals surface area contributed by atoms with Gasteiger partial charge in [-0.3, -0.25) is 4.79 Å². The maximum Gasteiger partial charge on any atom is 0.246 e. The number of rotatable bonds is 3. The summed E-state index contributed by atoms with van der Waals surface area (Å²) in [7, 11) is 3.67. The Labute approximate surface area is 122 Å². The Morgan fingerprint density at radius 1 is 1.14 bits per heavy atom. The van der Waals surface area contributed by atoms with Gasteiger partial charge in [0.25, 0.3) is 0 Å². The van der Waals surface area contributed by atoms with Crippen LogP contribution in [0.4, 0.5) is 21.5 Å². The van der Waals surface area contributed by atoms with Crippen molar-refractivity contribution in [1.29, 1.82) is 0 Å². The Bertz CT molecular complexity index is 684. The van der Waals surface area contributed by atoms with Gasteiger partial charge in [-0.15, -0.1) is 0 Å². The fourth-order valence-electron chi connectivity index (χ4n) is 2.56. The van der Waals surface area contributed by atoms with E-state index in [-0.39, 0.29) is 17.8 Å². The normalized spacial score (nSPS) is 16.5. The highest BCUT2D eigenvalue weighted by molar-refractivity contribution is 6.03. The standard InChI is InChI=1S/C16H16FN3O/c1-18-15-13-8-7-12(9-14(13)19-16(15)21)20(2)11-5-3-10(17)4-6-11/h3-9,15,18H,1-2H3,(H,19,21). The van der Waals surface area contributed by atoms with Gasteiger partial charge >= 0.3 is 0 Å². The number of carbonyl (C=O) groups is 1. The maximum absolute atomic E-state index is 13.0. The van der Waals surface area contributed by atoms with Gasteiger partial charge in [-0.25, -0.2) is 4.39 Å². The lowest BCUT2D eigenvalue weighted by Gasteiger charge is -2.20. The highest BCUT2D eigenvalue weighted by Gasteiger charge is 2.29. The molecule has 0 saturated carbocycles. The van der Waals surface area contributed by atoms with Gasteiger partial charge in [0.2, 0.25) is 5.91 Å². The Kier molecular flexibility index (Phi) is 3.35. The minimum absolute atomic E-state index is 0.0471. The zero-order chi connectivity index (χ0) is 15.0. The lowest BCUT2D eigenvalue weighted by molar-refractivity contribution is -0.117. The molecule has 1 atom stereocenters. The van der Waals surface area contributed by atoms with Crippen LogP contribution in [0.3, 0.4) is 0 Å². The van der Waals surface area contributed by atoms with E-state index in [9.17, 15) is 9.18 Å². The van der Waals surface area contributed by atoms with Crippen LogP contribution in [0.1, 0.15) is 11.6 Å². The molecule has 4 nitrogen and oxygen atoms in total. The summed E-state index contributed by atoms with van der Waals surface area (Å²) in [5.41, 5.74) is 3.56. The average molecular weight is 285 g/mol. The first kappa shape index (κ1) is 13.6. The maximum atomic E-state index is 13.0. The number of hydrogen-bond acceptors (Lipinski definition) is 3. The molecule has 2 aromatic rings. The Morgan fingerprint density at radius 2 is 1.81 bits per heavy atom. The molecule has 1 amide bonds. The van der Waals surface area contributed by atoms with Crippen molar-refractivity contribution in [2.45, 2.75) is 6.04 Å². The highest BCUT2D eigenvalue weighted by Crippen LogP contribution is 2.35. The lowest BCUT2D eigenvalue weighted by Crippen LogP contribution is -2.23. The number of nitrogens with zero attached hydrogens (tertiary/aromatic N) is 1. The molecular weight excluding hydrogens is 269 g/mol. The number of fused-ring (bicyclic) bond motifs is 1. The van der Waals surface area contributed by atoms with Gasteiger partial charge in [0.1, 0.15) is 11.9 Å². The van der Waals surface area contributed by atoms with Gasteiger partial charge in [-0.2, -0.15) is 0 Å². The molecule has 2 aromatic carbocycles. The van der Waals surface area contributed by atoms with E-state index in [0.717, 1.165) is 22.6 Å². The monoisotopic (exact) mass is 285 g/mol.